The molecule has 0 bridgehead atoms. The van der Waals surface area contributed by atoms with Gasteiger partial charge in [0.05, 0.1) is 11.9 Å². The Morgan fingerprint density at radius 3 is 3.00 bits per heavy atom. The van der Waals surface area contributed by atoms with Gasteiger partial charge in [0.15, 0.2) is 0 Å². The number of nitrogens with zero attached hydrogens (tertiary/aromatic N) is 1. The van der Waals surface area contributed by atoms with Gasteiger partial charge in [0.25, 0.3) is 0 Å². The summed E-state index contributed by atoms with van der Waals surface area (Å²) in [6.45, 7) is 0. The molecule has 0 saturated heterocycles. The molecule has 1 aromatic rings. The van der Waals surface area contributed by atoms with Crippen LogP contribution < -0.4 is 5.32 Å². The minimum absolute atomic E-state index is 0. The number of carbonyl (C=O) groups is 1. The summed E-state index contributed by atoms with van der Waals surface area (Å²) in [5, 5.41) is 8.69. The van der Waals surface area contributed by atoms with E-state index in [1.165, 1.54) is 6.20 Å². The molecule has 0 radical (unpaired) electrons. The number of amides is 1. The van der Waals surface area contributed by atoms with Crippen molar-refractivity contribution in [3.05, 3.63) is 12.4 Å². The normalized spacial score (nSPS) is 8.45. The van der Waals surface area contributed by atoms with Crippen molar-refractivity contribution in [1.82, 2.24) is 10.2 Å². The van der Waals surface area contributed by atoms with Gasteiger partial charge in [-0.05, 0) is 0 Å². The van der Waals surface area contributed by atoms with E-state index in [2.05, 4.69) is 15.5 Å². The summed E-state index contributed by atoms with van der Waals surface area (Å²) in [5.41, 5.74) is 0.630. The van der Waals surface area contributed by atoms with Crippen molar-refractivity contribution in [2.45, 2.75) is 0 Å². The van der Waals surface area contributed by atoms with E-state index in [0.717, 1.165) is 0 Å². The molecule has 0 aromatic carbocycles. The maximum Gasteiger partial charge on any atom is 0.239 e. The van der Waals surface area contributed by atoms with Crippen molar-refractivity contribution in [2.75, 3.05) is 11.2 Å². The second-order valence-corrected chi connectivity index (χ2v) is 1.94. The average molecular weight is 196 g/mol. The van der Waals surface area contributed by atoms with Crippen molar-refractivity contribution in [3.8, 4) is 0 Å². The fourth-order valence-electron chi connectivity index (χ4n) is 0.514. The lowest BCUT2D eigenvalue weighted by Crippen LogP contribution is -2.11. The van der Waals surface area contributed by atoms with Gasteiger partial charge < -0.3 is 5.32 Å². The summed E-state index contributed by atoms with van der Waals surface area (Å²) in [5.74, 6) is -0.270. The summed E-state index contributed by atoms with van der Waals surface area (Å²) < 4.78 is 0. The number of anilines is 1. The summed E-state index contributed by atoms with van der Waals surface area (Å²) in [7, 11) is 0. The van der Waals surface area contributed by atoms with E-state index in [-0.39, 0.29) is 24.2 Å². The number of carbonyl (C=O) groups excluding carboxylic acids is 1. The number of H-pyrrole nitrogens is 1. The van der Waals surface area contributed by atoms with Crippen molar-refractivity contribution in [2.24, 2.45) is 0 Å². The van der Waals surface area contributed by atoms with Gasteiger partial charge in [-0.2, -0.15) is 5.10 Å². The third-order valence-electron chi connectivity index (χ3n) is 0.903. The fraction of sp³-hybridized carbons (Fsp3) is 0.200. The van der Waals surface area contributed by atoms with E-state index in [1.807, 2.05) is 0 Å². The predicted molar refractivity (Wildman–Crippen MR) is 45.2 cm³/mol. The number of alkyl halides is 1. The predicted octanol–water partition coefficient (Wildman–Crippen LogP) is 1.01. The lowest BCUT2D eigenvalue weighted by Gasteiger charge is -1.94. The van der Waals surface area contributed by atoms with Crippen molar-refractivity contribution >= 4 is 35.6 Å². The van der Waals surface area contributed by atoms with Gasteiger partial charge in [-0.15, -0.1) is 24.0 Å². The first-order chi connectivity index (χ1) is 4.83. The zero-order valence-corrected chi connectivity index (χ0v) is 7.08. The SMILES string of the molecule is Cl.O=C(CCl)Nc1cn[nH]c1. The molecule has 2 N–H and O–H groups in total. The van der Waals surface area contributed by atoms with Gasteiger partial charge >= 0.3 is 0 Å². The van der Waals surface area contributed by atoms with Crippen LogP contribution in [-0.4, -0.2) is 22.0 Å². The molecule has 0 atom stereocenters. The zero-order valence-electron chi connectivity index (χ0n) is 5.50. The molecule has 0 spiro atoms. The van der Waals surface area contributed by atoms with Gasteiger partial charge in [-0.3, -0.25) is 9.89 Å². The standard InChI is InChI=1S/C5H6ClN3O.ClH/c6-1-5(10)9-4-2-7-8-3-4;/h2-3H,1H2,(H,7,8)(H,9,10);1H. The van der Waals surface area contributed by atoms with E-state index in [1.54, 1.807) is 6.20 Å². The Morgan fingerprint density at radius 1 is 1.82 bits per heavy atom. The number of aromatic nitrogens is 2. The lowest BCUT2D eigenvalue weighted by molar-refractivity contribution is -0.113. The number of aromatic amines is 1. The largest absolute Gasteiger partial charge is 0.322 e. The molecule has 0 aliphatic carbocycles. The first-order valence-corrected chi connectivity index (χ1v) is 3.21. The summed E-state index contributed by atoms with van der Waals surface area (Å²) in [4.78, 5) is 10.6. The maximum atomic E-state index is 10.6. The van der Waals surface area contributed by atoms with Gasteiger partial charge in [-0.25, -0.2) is 0 Å². The lowest BCUT2D eigenvalue weighted by atomic mass is 10.5. The minimum atomic E-state index is -0.233. The Kier molecular flexibility index (Phi) is 4.65. The van der Waals surface area contributed by atoms with Crippen LogP contribution in [0, 0.1) is 0 Å². The molecular formula is C5H7Cl2N3O. The van der Waals surface area contributed by atoms with Crippen molar-refractivity contribution in [1.29, 1.82) is 0 Å². The first-order valence-electron chi connectivity index (χ1n) is 2.67. The molecule has 0 unspecified atom stereocenters. The van der Waals surface area contributed by atoms with Crippen LogP contribution in [-0.2, 0) is 4.79 Å². The number of hydrogen-bond acceptors (Lipinski definition) is 2. The Labute approximate surface area is 74.7 Å². The third-order valence-corrected chi connectivity index (χ3v) is 1.15. The number of halogens is 2. The van der Waals surface area contributed by atoms with Crippen LogP contribution in [0.2, 0.25) is 0 Å². The van der Waals surface area contributed by atoms with Crippen LogP contribution >= 0.6 is 24.0 Å². The fourth-order valence-corrected chi connectivity index (χ4v) is 0.580. The Hall–Kier alpha value is -0.740. The van der Waals surface area contributed by atoms with Crippen LogP contribution in [0.5, 0.6) is 0 Å². The van der Waals surface area contributed by atoms with Crippen molar-refractivity contribution in [3.63, 3.8) is 0 Å². The molecule has 0 saturated carbocycles. The number of nitrogens with one attached hydrogen (secondary N) is 2. The molecule has 11 heavy (non-hydrogen) atoms. The topological polar surface area (TPSA) is 57.8 Å². The van der Waals surface area contributed by atoms with E-state index in [9.17, 15) is 4.79 Å². The van der Waals surface area contributed by atoms with Crippen LogP contribution in [0.1, 0.15) is 0 Å². The van der Waals surface area contributed by atoms with E-state index in [4.69, 9.17) is 11.6 Å². The smallest absolute Gasteiger partial charge is 0.239 e. The van der Waals surface area contributed by atoms with Crippen molar-refractivity contribution < 1.29 is 4.79 Å². The minimum Gasteiger partial charge on any atom is -0.322 e. The van der Waals surface area contributed by atoms with Crippen LogP contribution in [0.4, 0.5) is 5.69 Å². The number of hydrogen-bond donors (Lipinski definition) is 2. The van der Waals surface area contributed by atoms with Gasteiger partial charge in [0.1, 0.15) is 5.88 Å². The van der Waals surface area contributed by atoms with Crippen LogP contribution in [0.3, 0.4) is 0 Å². The van der Waals surface area contributed by atoms with Gasteiger partial charge in [-0.1, -0.05) is 0 Å². The highest BCUT2D eigenvalue weighted by Gasteiger charge is 1.98. The van der Waals surface area contributed by atoms with Gasteiger partial charge in [0.2, 0.25) is 5.91 Å². The highest BCUT2D eigenvalue weighted by molar-refractivity contribution is 6.29. The average Bonchev–Trinajstić information content (AvgIpc) is 2.40. The maximum absolute atomic E-state index is 10.6. The summed E-state index contributed by atoms with van der Waals surface area (Å²) in [6.07, 6.45) is 3.08. The highest BCUT2D eigenvalue weighted by atomic mass is 35.5. The molecule has 1 amide bonds. The zero-order chi connectivity index (χ0) is 7.40. The monoisotopic (exact) mass is 195 g/mol. The van der Waals surface area contributed by atoms with E-state index < -0.39 is 0 Å². The molecular weight excluding hydrogens is 189 g/mol. The molecule has 0 aliphatic heterocycles. The van der Waals surface area contributed by atoms with Crippen LogP contribution in [0.25, 0.3) is 0 Å². The Balaban J connectivity index is 0.000001000. The molecule has 1 aromatic heterocycles. The second kappa shape index (κ2) is 4.98. The third kappa shape index (κ3) is 3.25. The molecule has 1 heterocycles. The summed E-state index contributed by atoms with van der Waals surface area (Å²) >= 11 is 5.23. The second-order valence-electron chi connectivity index (χ2n) is 1.67. The van der Waals surface area contributed by atoms with Gasteiger partial charge in [0, 0.05) is 6.20 Å². The Bertz CT molecular complexity index is 212. The van der Waals surface area contributed by atoms with E-state index in [0.29, 0.717) is 5.69 Å². The number of rotatable bonds is 2. The quantitative estimate of drug-likeness (QED) is 0.693. The van der Waals surface area contributed by atoms with E-state index >= 15 is 0 Å². The first kappa shape index (κ1) is 10.3. The molecule has 0 aliphatic rings. The molecule has 6 heteroatoms. The Morgan fingerprint density at radius 2 is 2.55 bits per heavy atom. The molecule has 62 valence electrons. The summed E-state index contributed by atoms with van der Waals surface area (Å²) in [6, 6.07) is 0. The molecule has 1 rings (SSSR count). The molecule has 0 fully saturated rings. The van der Waals surface area contributed by atoms with Crippen LogP contribution in [0.15, 0.2) is 12.4 Å². The highest BCUT2D eigenvalue weighted by Crippen LogP contribution is 2.00. The molecule has 4 nitrogen and oxygen atoms in total.